The first-order valence-electron chi connectivity index (χ1n) is 6.54. The Balaban J connectivity index is 1.78. The van der Waals surface area contributed by atoms with Gasteiger partial charge in [0.2, 0.25) is 0 Å². The third-order valence-electron chi connectivity index (χ3n) is 2.71. The summed E-state index contributed by atoms with van der Waals surface area (Å²) in [6.45, 7) is 1.28. The van der Waals surface area contributed by atoms with E-state index in [9.17, 15) is 18.8 Å². The van der Waals surface area contributed by atoms with Gasteiger partial charge in [-0.2, -0.15) is 0 Å². The second-order valence-corrected chi connectivity index (χ2v) is 5.76. The van der Waals surface area contributed by atoms with Crippen molar-refractivity contribution in [2.45, 2.75) is 6.92 Å². The first-order valence-corrected chi connectivity index (χ1v) is 7.36. The Labute approximate surface area is 135 Å². The molecule has 1 heterocycles. The van der Waals surface area contributed by atoms with E-state index in [1.54, 1.807) is 12.1 Å². The van der Waals surface area contributed by atoms with Gasteiger partial charge in [0, 0.05) is 4.88 Å². The van der Waals surface area contributed by atoms with Crippen molar-refractivity contribution in [2.24, 2.45) is 0 Å². The molecular weight excluding hydrogens is 323 g/mol. The first-order chi connectivity index (χ1) is 11.0. The third kappa shape index (κ3) is 4.62. The van der Waals surface area contributed by atoms with Gasteiger partial charge in [-0.25, -0.2) is 9.18 Å². The summed E-state index contributed by atoms with van der Waals surface area (Å²) in [6, 6.07) is 8.69. The summed E-state index contributed by atoms with van der Waals surface area (Å²) in [6.07, 6.45) is 0. The van der Waals surface area contributed by atoms with Gasteiger partial charge in [-0.15, -0.1) is 11.3 Å². The van der Waals surface area contributed by atoms with Crippen LogP contribution in [0.25, 0.3) is 0 Å². The van der Waals surface area contributed by atoms with E-state index in [-0.39, 0.29) is 5.56 Å². The standard InChI is InChI=1S/C15H13FN2O4S/c1-9-6-7-12(23-9)15(21)22-8-13(19)17-18-14(20)10-4-2-3-5-11(10)16/h2-7H,8H2,1H3,(H,17,19)(H,18,20). The van der Waals surface area contributed by atoms with E-state index in [4.69, 9.17) is 4.74 Å². The van der Waals surface area contributed by atoms with E-state index in [1.807, 2.05) is 17.8 Å². The lowest BCUT2D eigenvalue weighted by Crippen LogP contribution is -2.43. The second-order valence-electron chi connectivity index (χ2n) is 4.47. The molecule has 0 aliphatic rings. The van der Waals surface area contributed by atoms with Crippen molar-refractivity contribution in [3.8, 4) is 0 Å². The highest BCUT2D eigenvalue weighted by Crippen LogP contribution is 2.15. The number of hydrazine groups is 1. The number of esters is 1. The van der Waals surface area contributed by atoms with Crippen LogP contribution in [-0.2, 0) is 9.53 Å². The molecule has 2 N–H and O–H groups in total. The second kappa shape index (κ2) is 7.50. The van der Waals surface area contributed by atoms with E-state index in [0.717, 1.165) is 10.9 Å². The molecular formula is C15H13FN2O4S. The zero-order valence-electron chi connectivity index (χ0n) is 12.1. The molecule has 0 unspecified atom stereocenters. The maximum absolute atomic E-state index is 13.4. The lowest BCUT2D eigenvalue weighted by atomic mass is 10.2. The van der Waals surface area contributed by atoms with Crippen LogP contribution in [0.1, 0.15) is 24.9 Å². The van der Waals surface area contributed by atoms with Gasteiger partial charge < -0.3 is 4.74 Å². The topological polar surface area (TPSA) is 84.5 Å². The van der Waals surface area contributed by atoms with Crippen LogP contribution in [0.15, 0.2) is 36.4 Å². The fraction of sp³-hybridized carbons (Fsp3) is 0.133. The van der Waals surface area contributed by atoms with Gasteiger partial charge in [-0.1, -0.05) is 12.1 Å². The highest BCUT2D eigenvalue weighted by molar-refractivity contribution is 7.13. The zero-order chi connectivity index (χ0) is 16.8. The van der Waals surface area contributed by atoms with Gasteiger partial charge in [0.05, 0.1) is 5.56 Å². The molecule has 0 saturated carbocycles. The van der Waals surface area contributed by atoms with Gasteiger partial charge >= 0.3 is 5.97 Å². The Bertz CT molecular complexity index is 745. The predicted molar refractivity (Wildman–Crippen MR) is 81.3 cm³/mol. The molecule has 8 heteroatoms. The molecule has 0 spiro atoms. The minimum Gasteiger partial charge on any atom is -0.451 e. The summed E-state index contributed by atoms with van der Waals surface area (Å²) in [5.74, 6) is -2.88. The van der Waals surface area contributed by atoms with Crippen LogP contribution in [0.3, 0.4) is 0 Å². The molecule has 1 aromatic heterocycles. The summed E-state index contributed by atoms with van der Waals surface area (Å²) in [5, 5.41) is 0. The molecule has 0 fully saturated rings. The first kappa shape index (κ1) is 16.6. The summed E-state index contributed by atoms with van der Waals surface area (Å²) in [7, 11) is 0. The van der Waals surface area contributed by atoms with E-state index >= 15 is 0 Å². The summed E-state index contributed by atoms with van der Waals surface area (Å²) >= 11 is 1.25. The molecule has 0 atom stereocenters. The summed E-state index contributed by atoms with van der Waals surface area (Å²) < 4.78 is 18.2. The van der Waals surface area contributed by atoms with Crippen molar-refractivity contribution in [3.63, 3.8) is 0 Å². The normalized spacial score (nSPS) is 10.0. The molecule has 23 heavy (non-hydrogen) atoms. The van der Waals surface area contributed by atoms with Gasteiger partial charge in [0.25, 0.3) is 11.8 Å². The maximum atomic E-state index is 13.4. The highest BCUT2D eigenvalue weighted by atomic mass is 32.1. The zero-order valence-corrected chi connectivity index (χ0v) is 12.9. The quantitative estimate of drug-likeness (QED) is 0.659. The predicted octanol–water partition coefficient (Wildman–Crippen LogP) is 1.81. The summed E-state index contributed by atoms with van der Waals surface area (Å²) in [5.41, 5.74) is 3.87. The fourth-order valence-corrected chi connectivity index (χ4v) is 2.38. The Morgan fingerprint density at radius 2 is 1.87 bits per heavy atom. The molecule has 0 saturated heterocycles. The van der Waals surface area contributed by atoms with Crippen molar-refractivity contribution in [2.75, 3.05) is 6.61 Å². The minimum absolute atomic E-state index is 0.209. The Hall–Kier alpha value is -2.74. The van der Waals surface area contributed by atoms with Crippen LogP contribution in [0, 0.1) is 12.7 Å². The van der Waals surface area contributed by atoms with Crippen molar-refractivity contribution in [3.05, 3.63) is 57.5 Å². The smallest absolute Gasteiger partial charge is 0.348 e. The molecule has 1 aromatic carbocycles. The molecule has 2 amide bonds. The number of aryl methyl sites for hydroxylation is 1. The Morgan fingerprint density at radius 1 is 1.13 bits per heavy atom. The lowest BCUT2D eigenvalue weighted by Gasteiger charge is -2.08. The van der Waals surface area contributed by atoms with E-state index < -0.39 is 30.2 Å². The largest absolute Gasteiger partial charge is 0.451 e. The number of benzene rings is 1. The van der Waals surface area contributed by atoms with Gasteiger partial charge in [0.1, 0.15) is 10.7 Å². The number of halogens is 1. The average Bonchev–Trinajstić information content (AvgIpc) is 2.97. The van der Waals surface area contributed by atoms with Crippen LogP contribution in [-0.4, -0.2) is 24.4 Å². The molecule has 6 nitrogen and oxygen atoms in total. The molecule has 0 bridgehead atoms. The van der Waals surface area contributed by atoms with Crippen LogP contribution in [0.4, 0.5) is 4.39 Å². The lowest BCUT2D eigenvalue weighted by molar-refractivity contribution is -0.125. The fourth-order valence-electron chi connectivity index (χ4n) is 1.62. The maximum Gasteiger partial charge on any atom is 0.348 e. The minimum atomic E-state index is -0.809. The number of ether oxygens (including phenoxy) is 1. The number of hydrogen-bond donors (Lipinski definition) is 2. The van der Waals surface area contributed by atoms with Crippen molar-refractivity contribution in [1.29, 1.82) is 0 Å². The Kier molecular flexibility index (Phi) is 5.42. The molecule has 2 rings (SSSR count). The monoisotopic (exact) mass is 336 g/mol. The number of carbonyl (C=O) groups is 3. The number of carbonyl (C=O) groups excluding carboxylic acids is 3. The number of thiophene rings is 1. The van der Waals surface area contributed by atoms with Crippen molar-refractivity contribution >= 4 is 29.1 Å². The number of amides is 2. The van der Waals surface area contributed by atoms with Crippen LogP contribution >= 0.6 is 11.3 Å². The van der Waals surface area contributed by atoms with Crippen LogP contribution < -0.4 is 10.9 Å². The Morgan fingerprint density at radius 3 is 2.52 bits per heavy atom. The SMILES string of the molecule is Cc1ccc(C(=O)OCC(=O)NNC(=O)c2ccccc2F)s1. The average molecular weight is 336 g/mol. The van der Waals surface area contributed by atoms with E-state index in [2.05, 4.69) is 0 Å². The van der Waals surface area contributed by atoms with Crippen LogP contribution in [0.2, 0.25) is 0 Å². The van der Waals surface area contributed by atoms with Gasteiger partial charge in [-0.3, -0.25) is 20.4 Å². The molecule has 2 aromatic rings. The molecule has 0 radical (unpaired) electrons. The number of hydrogen-bond acceptors (Lipinski definition) is 5. The highest BCUT2D eigenvalue weighted by Gasteiger charge is 2.14. The molecule has 120 valence electrons. The van der Waals surface area contributed by atoms with Gasteiger partial charge in [0.15, 0.2) is 6.61 Å². The van der Waals surface area contributed by atoms with Gasteiger partial charge in [-0.05, 0) is 31.2 Å². The van der Waals surface area contributed by atoms with Crippen LogP contribution in [0.5, 0.6) is 0 Å². The van der Waals surface area contributed by atoms with Crippen molar-refractivity contribution < 1.29 is 23.5 Å². The number of nitrogens with one attached hydrogen (secondary N) is 2. The van der Waals surface area contributed by atoms with E-state index in [1.165, 1.54) is 29.5 Å². The van der Waals surface area contributed by atoms with Crippen molar-refractivity contribution in [1.82, 2.24) is 10.9 Å². The summed E-state index contributed by atoms with van der Waals surface area (Å²) in [4.78, 5) is 36.1. The number of rotatable bonds is 4. The van der Waals surface area contributed by atoms with E-state index in [0.29, 0.717) is 4.88 Å². The molecule has 0 aliphatic heterocycles. The third-order valence-corrected chi connectivity index (χ3v) is 3.69. The molecule has 0 aliphatic carbocycles.